The molecule has 0 aliphatic carbocycles. The van der Waals surface area contributed by atoms with E-state index in [2.05, 4.69) is 0 Å². The van der Waals surface area contributed by atoms with Gasteiger partial charge in [0.1, 0.15) is 28.9 Å². The predicted octanol–water partition coefficient (Wildman–Crippen LogP) is 7.32. The zero-order valence-electron chi connectivity index (χ0n) is 16.5. The summed E-state index contributed by atoms with van der Waals surface area (Å²) < 4.78 is 35.6. The first kappa shape index (κ1) is 20.6. The second-order valence-corrected chi connectivity index (χ2v) is 7.31. The highest BCUT2D eigenvalue weighted by atomic mass is 19.2. The molecular formula is C25H24F2O2. The van der Waals surface area contributed by atoms with Crippen LogP contribution in [-0.2, 0) is 6.42 Å². The maximum atomic E-state index is 15.0. The summed E-state index contributed by atoms with van der Waals surface area (Å²) in [6.45, 7) is 3.69. The largest absolute Gasteiger partial charge is 0.508 e. The summed E-state index contributed by atoms with van der Waals surface area (Å²) in [7, 11) is 0. The lowest BCUT2D eigenvalue weighted by Gasteiger charge is -2.20. The van der Waals surface area contributed by atoms with Crippen LogP contribution >= 0.6 is 0 Å². The number of aromatic hydroxyl groups is 1. The van der Waals surface area contributed by atoms with Gasteiger partial charge in [-0.15, -0.1) is 0 Å². The van der Waals surface area contributed by atoms with Gasteiger partial charge >= 0.3 is 0 Å². The molecule has 0 bridgehead atoms. The lowest BCUT2D eigenvalue weighted by atomic mass is 9.86. The Bertz CT molecular complexity index is 964. The molecule has 3 aromatic rings. The molecule has 3 aromatic carbocycles. The minimum Gasteiger partial charge on any atom is -0.508 e. The maximum Gasteiger partial charge on any atom is 0.139 e. The molecule has 0 aromatic heterocycles. The number of rotatable bonds is 7. The summed E-state index contributed by atoms with van der Waals surface area (Å²) in [5.41, 5.74) is 1.26. The summed E-state index contributed by atoms with van der Waals surface area (Å²) in [6.07, 6.45) is -0.154. The van der Waals surface area contributed by atoms with Crippen LogP contribution in [0.4, 0.5) is 8.78 Å². The van der Waals surface area contributed by atoms with Crippen molar-refractivity contribution in [3.8, 4) is 17.2 Å². The number of phenols is 1. The van der Waals surface area contributed by atoms with E-state index in [0.29, 0.717) is 22.6 Å². The van der Waals surface area contributed by atoms with Gasteiger partial charge in [0.15, 0.2) is 0 Å². The van der Waals surface area contributed by atoms with Crippen molar-refractivity contribution >= 4 is 0 Å². The number of phenolic OH excluding ortho intramolecular Hbond substituents is 1. The fourth-order valence-electron chi connectivity index (χ4n) is 3.28. The molecule has 0 aliphatic rings. The van der Waals surface area contributed by atoms with Crippen LogP contribution in [0.1, 0.15) is 30.9 Å². The first-order valence-electron chi connectivity index (χ1n) is 9.59. The van der Waals surface area contributed by atoms with Crippen molar-refractivity contribution in [3.05, 3.63) is 102 Å². The van der Waals surface area contributed by atoms with Crippen molar-refractivity contribution < 1.29 is 18.6 Å². The smallest absolute Gasteiger partial charge is 0.139 e. The second kappa shape index (κ2) is 9.37. The van der Waals surface area contributed by atoms with Crippen molar-refractivity contribution in [2.24, 2.45) is 5.92 Å². The summed E-state index contributed by atoms with van der Waals surface area (Å²) in [4.78, 5) is 0. The number of allylic oxidation sites excluding steroid dienone is 2. The van der Waals surface area contributed by atoms with Crippen LogP contribution in [0.25, 0.3) is 0 Å². The minimum absolute atomic E-state index is 0.0938. The van der Waals surface area contributed by atoms with Crippen LogP contribution in [0.2, 0.25) is 0 Å². The van der Waals surface area contributed by atoms with Gasteiger partial charge in [0, 0.05) is 12.3 Å². The van der Waals surface area contributed by atoms with E-state index in [-0.39, 0.29) is 18.1 Å². The van der Waals surface area contributed by atoms with Crippen LogP contribution in [0.3, 0.4) is 0 Å². The molecule has 0 aliphatic heterocycles. The summed E-state index contributed by atoms with van der Waals surface area (Å²) in [5, 5.41) is 9.46. The third-order valence-corrected chi connectivity index (χ3v) is 4.69. The van der Waals surface area contributed by atoms with E-state index in [1.54, 1.807) is 36.4 Å². The molecule has 150 valence electrons. The van der Waals surface area contributed by atoms with Gasteiger partial charge < -0.3 is 9.84 Å². The van der Waals surface area contributed by atoms with Crippen LogP contribution < -0.4 is 4.74 Å². The van der Waals surface area contributed by atoms with Crippen molar-refractivity contribution in [3.63, 3.8) is 0 Å². The van der Waals surface area contributed by atoms with Crippen molar-refractivity contribution in [2.75, 3.05) is 0 Å². The molecule has 4 heteroatoms. The number of hydrogen-bond acceptors (Lipinski definition) is 2. The molecule has 2 nitrogen and oxygen atoms in total. The van der Waals surface area contributed by atoms with Crippen molar-refractivity contribution in [1.29, 1.82) is 0 Å². The van der Waals surface area contributed by atoms with Crippen molar-refractivity contribution in [2.45, 2.75) is 26.2 Å². The van der Waals surface area contributed by atoms with Gasteiger partial charge in [-0.05, 0) is 53.4 Å². The topological polar surface area (TPSA) is 29.5 Å². The van der Waals surface area contributed by atoms with E-state index < -0.39 is 17.6 Å². The Morgan fingerprint density at radius 3 is 2.17 bits per heavy atom. The van der Waals surface area contributed by atoms with Crippen LogP contribution in [0.5, 0.6) is 17.2 Å². The van der Waals surface area contributed by atoms with Gasteiger partial charge in [-0.25, -0.2) is 8.78 Å². The Morgan fingerprint density at radius 1 is 0.862 bits per heavy atom. The molecule has 0 fully saturated rings. The number of halogens is 2. The van der Waals surface area contributed by atoms with Gasteiger partial charge in [0.05, 0.1) is 0 Å². The van der Waals surface area contributed by atoms with Crippen LogP contribution in [-0.4, -0.2) is 5.11 Å². The molecule has 0 radical (unpaired) electrons. The molecule has 0 amide bonds. The minimum atomic E-state index is -0.798. The monoisotopic (exact) mass is 394 g/mol. The fourth-order valence-corrected chi connectivity index (χ4v) is 3.28. The molecule has 1 atom stereocenters. The third kappa shape index (κ3) is 5.44. The molecule has 0 spiro atoms. The SMILES string of the molecule is CC(C)C(/C(F)=C(\F)Cc1cccc(Oc2ccccc2)c1)c1ccc(O)cc1. The molecular weight excluding hydrogens is 370 g/mol. The Balaban J connectivity index is 1.81. The Hall–Kier alpha value is -3.14. The van der Waals surface area contributed by atoms with E-state index >= 15 is 4.39 Å². The molecule has 0 saturated carbocycles. The zero-order valence-corrected chi connectivity index (χ0v) is 16.5. The van der Waals surface area contributed by atoms with Gasteiger partial charge in [0.2, 0.25) is 0 Å². The molecule has 1 N–H and O–H groups in total. The highest BCUT2D eigenvalue weighted by Crippen LogP contribution is 2.36. The zero-order chi connectivity index (χ0) is 20.8. The number of benzene rings is 3. The normalized spacial score (nSPS) is 13.1. The third-order valence-electron chi connectivity index (χ3n) is 4.69. The number of hydrogen-bond donors (Lipinski definition) is 1. The van der Waals surface area contributed by atoms with Gasteiger partial charge in [0.25, 0.3) is 0 Å². The summed E-state index contributed by atoms with van der Waals surface area (Å²) in [5.74, 6) is -1.08. The summed E-state index contributed by atoms with van der Waals surface area (Å²) in [6, 6.07) is 22.5. The molecule has 3 rings (SSSR count). The number of ether oxygens (including phenoxy) is 1. The average Bonchev–Trinajstić information content (AvgIpc) is 2.70. The van der Waals surface area contributed by atoms with E-state index in [9.17, 15) is 9.50 Å². The first-order valence-corrected chi connectivity index (χ1v) is 9.59. The molecule has 29 heavy (non-hydrogen) atoms. The standard InChI is InChI=1S/C25H24F2O2/c1-17(2)24(19-11-13-20(28)14-12-19)25(27)23(26)16-18-7-6-10-22(15-18)29-21-8-4-3-5-9-21/h3-15,17,24,28H,16H2,1-2H3/b25-23+. The summed E-state index contributed by atoms with van der Waals surface area (Å²) >= 11 is 0. The predicted molar refractivity (Wildman–Crippen MR) is 112 cm³/mol. The Labute approximate surface area is 170 Å². The molecule has 0 heterocycles. The average molecular weight is 394 g/mol. The van der Waals surface area contributed by atoms with Crippen molar-refractivity contribution in [1.82, 2.24) is 0 Å². The van der Waals surface area contributed by atoms with E-state index in [1.165, 1.54) is 12.1 Å². The second-order valence-electron chi connectivity index (χ2n) is 7.31. The Kier molecular flexibility index (Phi) is 6.65. The highest BCUT2D eigenvalue weighted by molar-refractivity contribution is 5.37. The van der Waals surface area contributed by atoms with E-state index in [0.717, 1.165) is 0 Å². The van der Waals surface area contributed by atoms with E-state index in [1.807, 2.05) is 44.2 Å². The highest BCUT2D eigenvalue weighted by Gasteiger charge is 2.24. The lowest BCUT2D eigenvalue weighted by molar-refractivity contribution is 0.414. The quantitative estimate of drug-likeness (QED) is 0.455. The maximum absolute atomic E-state index is 15.0. The van der Waals surface area contributed by atoms with Crippen LogP contribution in [0, 0.1) is 5.92 Å². The van der Waals surface area contributed by atoms with E-state index in [4.69, 9.17) is 4.74 Å². The molecule has 1 unspecified atom stereocenters. The van der Waals surface area contributed by atoms with Gasteiger partial charge in [-0.3, -0.25) is 0 Å². The number of para-hydroxylation sites is 1. The first-order chi connectivity index (χ1) is 13.9. The molecule has 0 saturated heterocycles. The van der Waals surface area contributed by atoms with Crippen LogP contribution in [0.15, 0.2) is 90.5 Å². The lowest BCUT2D eigenvalue weighted by Crippen LogP contribution is -2.09. The fraction of sp³-hybridized carbons (Fsp3) is 0.200. The van der Waals surface area contributed by atoms with Gasteiger partial charge in [-0.1, -0.05) is 56.3 Å². The van der Waals surface area contributed by atoms with Gasteiger partial charge in [-0.2, -0.15) is 0 Å². The Morgan fingerprint density at radius 2 is 1.52 bits per heavy atom.